The number of thiazole rings is 1. The Morgan fingerprint density at radius 2 is 2.42 bits per heavy atom. The van der Waals surface area contributed by atoms with Gasteiger partial charge in [-0.15, -0.1) is 11.3 Å². The van der Waals surface area contributed by atoms with Crippen molar-refractivity contribution in [1.82, 2.24) is 4.98 Å². The SMILES string of the molecule is CCOC(=O)c1csc(-c2ccc3c(c2)OCC3)n1. The molecule has 98 valence electrons. The van der Waals surface area contributed by atoms with Gasteiger partial charge in [-0.1, -0.05) is 12.1 Å². The Labute approximate surface area is 115 Å². The average molecular weight is 275 g/mol. The molecule has 0 amide bonds. The van der Waals surface area contributed by atoms with Crippen molar-refractivity contribution in [3.05, 3.63) is 34.8 Å². The number of esters is 1. The molecule has 5 heteroatoms. The first-order valence-corrected chi connectivity index (χ1v) is 7.04. The van der Waals surface area contributed by atoms with Gasteiger partial charge in [0.05, 0.1) is 13.2 Å². The van der Waals surface area contributed by atoms with E-state index in [1.54, 1.807) is 12.3 Å². The van der Waals surface area contributed by atoms with Crippen LogP contribution in [0.1, 0.15) is 23.0 Å². The first-order valence-electron chi connectivity index (χ1n) is 6.16. The van der Waals surface area contributed by atoms with Crippen molar-refractivity contribution in [3.63, 3.8) is 0 Å². The third-order valence-corrected chi connectivity index (χ3v) is 3.82. The van der Waals surface area contributed by atoms with Crippen molar-refractivity contribution in [3.8, 4) is 16.3 Å². The molecule has 0 saturated heterocycles. The van der Waals surface area contributed by atoms with Crippen molar-refractivity contribution in [1.29, 1.82) is 0 Å². The Morgan fingerprint density at radius 3 is 3.26 bits per heavy atom. The summed E-state index contributed by atoms with van der Waals surface area (Å²) in [5.74, 6) is 0.549. The molecular weight excluding hydrogens is 262 g/mol. The number of aromatic nitrogens is 1. The lowest BCUT2D eigenvalue weighted by Gasteiger charge is -2.01. The smallest absolute Gasteiger partial charge is 0.357 e. The Hall–Kier alpha value is -1.88. The van der Waals surface area contributed by atoms with Crippen LogP contribution in [-0.4, -0.2) is 24.2 Å². The van der Waals surface area contributed by atoms with E-state index in [2.05, 4.69) is 11.1 Å². The maximum atomic E-state index is 11.6. The van der Waals surface area contributed by atoms with Gasteiger partial charge in [0.2, 0.25) is 0 Å². The number of hydrogen-bond acceptors (Lipinski definition) is 5. The van der Waals surface area contributed by atoms with Crippen LogP contribution in [-0.2, 0) is 11.2 Å². The first-order chi connectivity index (χ1) is 9.28. The second-order valence-electron chi connectivity index (χ2n) is 4.18. The number of nitrogens with zero attached hydrogens (tertiary/aromatic N) is 1. The highest BCUT2D eigenvalue weighted by Crippen LogP contribution is 2.32. The molecule has 1 aromatic heterocycles. The van der Waals surface area contributed by atoms with Gasteiger partial charge in [0.15, 0.2) is 5.69 Å². The minimum absolute atomic E-state index is 0.360. The maximum absolute atomic E-state index is 11.6. The highest BCUT2D eigenvalue weighted by molar-refractivity contribution is 7.13. The molecule has 0 radical (unpaired) electrons. The molecule has 0 fully saturated rings. The van der Waals surface area contributed by atoms with Crippen LogP contribution in [0.4, 0.5) is 0 Å². The number of hydrogen-bond donors (Lipinski definition) is 0. The van der Waals surface area contributed by atoms with Crippen LogP contribution >= 0.6 is 11.3 Å². The Morgan fingerprint density at radius 1 is 1.53 bits per heavy atom. The lowest BCUT2D eigenvalue weighted by atomic mass is 10.1. The highest BCUT2D eigenvalue weighted by atomic mass is 32.1. The van der Waals surface area contributed by atoms with Crippen molar-refractivity contribution in [2.45, 2.75) is 13.3 Å². The van der Waals surface area contributed by atoms with Crippen LogP contribution in [0.2, 0.25) is 0 Å². The van der Waals surface area contributed by atoms with E-state index < -0.39 is 0 Å². The predicted molar refractivity (Wildman–Crippen MR) is 72.7 cm³/mol. The zero-order valence-electron chi connectivity index (χ0n) is 10.5. The molecule has 3 rings (SSSR count). The molecule has 4 nitrogen and oxygen atoms in total. The lowest BCUT2D eigenvalue weighted by Crippen LogP contribution is -2.04. The quantitative estimate of drug-likeness (QED) is 0.808. The summed E-state index contributed by atoms with van der Waals surface area (Å²) in [6.07, 6.45) is 0.960. The highest BCUT2D eigenvalue weighted by Gasteiger charge is 2.16. The fraction of sp³-hybridized carbons (Fsp3) is 0.286. The average Bonchev–Trinajstić information content (AvgIpc) is 3.07. The van der Waals surface area contributed by atoms with Gasteiger partial charge in [0, 0.05) is 17.4 Å². The molecule has 2 heterocycles. The normalized spacial score (nSPS) is 12.9. The predicted octanol–water partition coefficient (Wildman–Crippen LogP) is 2.92. The third-order valence-electron chi connectivity index (χ3n) is 2.93. The summed E-state index contributed by atoms with van der Waals surface area (Å²) in [5.41, 5.74) is 2.57. The number of rotatable bonds is 3. The summed E-state index contributed by atoms with van der Waals surface area (Å²) < 4.78 is 10.5. The lowest BCUT2D eigenvalue weighted by molar-refractivity contribution is 0.0520. The number of carbonyl (C=O) groups excluding carboxylic acids is 1. The Bertz CT molecular complexity index is 621. The van der Waals surface area contributed by atoms with E-state index in [1.165, 1.54) is 16.9 Å². The fourth-order valence-corrected chi connectivity index (χ4v) is 2.79. The van der Waals surface area contributed by atoms with Gasteiger partial charge in [-0.2, -0.15) is 0 Å². The van der Waals surface area contributed by atoms with E-state index in [1.807, 2.05) is 12.1 Å². The molecule has 1 aliphatic heterocycles. The summed E-state index contributed by atoms with van der Waals surface area (Å²) in [7, 11) is 0. The van der Waals surface area contributed by atoms with Crippen molar-refractivity contribution >= 4 is 17.3 Å². The van der Waals surface area contributed by atoms with Gasteiger partial charge in [-0.3, -0.25) is 0 Å². The fourth-order valence-electron chi connectivity index (χ4n) is 2.00. The van der Waals surface area contributed by atoms with Gasteiger partial charge in [0.1, 0.15) is 10.8 Å². The second kappa shape index (κ2) is 5.01. The van der Waals surface area contributed by atoms with Gasteiger partial charge in [-0.25, -0.2) is 9.78 Å². The molecular formula is C14H13NO3S. The first kappa shape index (κ1) is 12.2. The van der Waals surface area contributed by atoms with Crippen LogP contribution in [0, 0.1) is 0 Å². The van der Waals surface area contributed by atoms with Gasteiger partial charge in [-0.05, 0) is 18.6 Å². The van der Waals surface area contributed by atoms with E-state index in [0.29, 0.717) is 12.3 Å². The number of ether oxygens (including phenoxy) is 2. The van der Waals surface area contributed by atoms with Crippen molar-refractivity contribution in [2.75, 3.05) is 13.2 Å². The molecule has 1 aromatic carbocycles. The van der Waals surface area contributed by atoms with Crippen LogP contribution in [0.25, 0.3) is 10.6 Å². The minimum Gasteiger partial charge on any atom is -0.493 e. The van der Waals surface area contributed by atoms with Crippen molar-refractivity contribution in [2.24, 2.45) is 0 Å². The van der Waals surface area contributed by atoms with Gasteiger partial charge in [0.25, 0.3) is 0 Å². The summed E-state index contributed by atoms with van der Waals surface area (Å²) in [6.45, 7) is 2.88. The van der Waals surface area contributed by atoms with E-state index in [9.17, 15) is 4.79 Å². The minimum atomic E-state index is -0.373. The number of benzene rings is 1. The Kier molecular flexibility index (Phi) is 3.21. The van der Waals surface area contributed by atoms with Gasteiger partial charge >= 0.3 is 5.97 Å². The summed E-state index contributed by atoms with van der Waals surface area (Å²) in [4.78, 5) is 15.9. The molecule has 1 aliphatic rings. The van der Waals surface area contributed by atoms with E-state index in [-0.39, 0.29) is 5.97 Å². The summed E-state index contributed by atoms with van der Waals surface area (Å²) >= 11 is 1.43. The van der Waals surface area contributed by atoms with Crippen LogP contribution < -0.4 is 4.74 Å². The molecule has 0 unspecified atom stereocenters. The standard InChI is InChI=1S/C14H13NO3S/c1-2-17-14(16)11-8-19-13(15-11)10-4-3-9-5-6-18-12(9)7-10/h3-4,7-8H,2,5-6H2,1H3. The topological polar surface area (TPSA) is 48.4 Å². The third kappa shape index (κ3) is 2.33. The molecule has 0 aliphatic carbocycles. The summed E-state index contributed by atoms with van der Waals surface area (Å²) in [6, 6.07) is 6.06. The summed E-state index contributed by atoms with van der Waals surface area (Å²) in [5, 5.41) is 2.53. The monoisotopic (exact) mass is 275 g/mol. The second-order valence-corrected chi connectivity index (χ2v) is 5.04. The molecule has 0 saturated carbocycles. The van der Waals surface area contributed by atoms with E-state index in [4.69, 9.17) is 9.47 Å². The zero-order valence-corrected chi connectivity index (χ0v) is 11.3. The molecule has 19 heavy (non-hydrogen) atoms. The Balaban J connectivity index is 1.88. The maximum Gasteiger partial charge on any atom is 0.357 e. The van der Waals surface area contributed by atoms with Crippen LogP contribution in [0.3, 0.4) is 0 Å². The van der Waals surface area contributed by atoms with Crippen LogP contribution in [0.15, 0.2) is 23.6 Å². The van der Waals surface area contributed by atoms with Crippen LogP contribution in [0.5, 0.6) is 5.75 Å². The zero-order chi connectivity index (χ0) is 13.2. The molecule has 0 atom stereocenters. The molecule has 2 aromatic rings. The van der Waals surface area contributed by atoms with E-state index in [0.717, 1.165) is 29.3 Å². The van der Waals surface area contributed by atoms with Gasteiger partial charge < -0.3 is 9.47 Å². The van der Waals surface area contributed by atoms with E-state index >= 15 is 0 Å². The van der Waals surface area contributed by atoms with Crippen molar-refractivity contribution < 1.29 is 14.3 Å². The number of fused-ring (bicyclic) bond motifs is 1. The number of carbonyl (C=O) groups is 1. The molecule has 0 bridgehead atoms. The largest absolute Gasteiger partial charge is 0.493 e. The molecule has 0 N–H and O–H groups in total. The molecule has 0 spiro atoms.